The van der Waals surface area contributed by atoms with Crippen LogP contribution in [0.2, 0.25) is 0 Å². The Hall–Kier alpha value is -2.02. The number of halogens is 3. The molecule has 0 saturated heterocycles. The molecule has 0 saturated carbocycles. The zero-order valence-corrected chi connectivity index (χ0v) is 11.7. The van der Waals surface area contributed by atoms with E-state index in [0.29, 0.717) is 10.0 Å². The second-order valence-corrected chi connectivity index (χ2v) is 4.96. The molecule has 7 heteroatoms. The Balaban J connectivity index is 2.22. The van der Waals surface area contributed by atoms with Gasteiger partial charge in [0.15, 0.2) is 0 Å². The Morgan fingerprint density at radius 2 is 1.80 bits per heavy atom. The van der Waals surface area contributed by atoms with Gasteiger partial charge in [0.05, 0.1) is 4.92 Å². The summed E-state index contributed by atoms with van der Waals surface area (Å²) in [6.07, 6.45) is 0. The van der Waals surface area contributed by atoms with Crippen molar-refractivity contribution in [1.29, 1.82) is 0 Å². The summed E-state index contributed by atoms with van der Waals surface area (Å²) >= 11 is 3.22. The Morgan fingerprint density at radius 1 is 1.15 bits per heavy atom. The molecule has 2 rings (SSSR count). The third kappa shape index (κ3) is 3.51. The van der Waals surface area contributed by atoms with E-state index < -0.39 is 16.6 Å². The molecular formula is C13H9BrF2N2O2. The molecule has 20 heavy (non-hydrogen) atoms. The standard InChI is InChI=1S/C13H9BrF2N2O2/c14-9-1-2-13(18(19)20)8(3-9)7-17-12-5-10(15)4-11(16)6-12/h1-6,17H,7H2. The quantitative estimate of drug-likeness (QED) is 0.667. The van der Waals surface area contributed by atoms with E-state index in [2.05, 4.69) is 21.2 Å². The van der Waals surface area contributed by atoms with Crippen molar-refractivity contribution in [2.75, 3.05) is 5.32 Å². The summed E-state index contributed by atoms with van der Waals surface area (Å²) in [7, 11) is 0. The predicted molar refractivity (Wildman–Crippen MR) is 74.5 cm³/mol. The molecule has 0 spiro atoms. The van der Waals surface area contributed by atoms with E-state index >= 15 is 0 Å². The second-order valence-electron chi connectivity index (χ2n) is 4.04. The van der Waals surface area contributed by atoms with Gasteiger partial charge in [-0.3, -0.25) is 10.1 Å². The van der Waals surface area contributed by atoms with Crippen molar-refractivity contribution < 1.29 is 13.7 Å². The van der Waals surface area contributed by atoms with Crippen LogP contribution in [0.25, 0.3) is 0 Å². The smallest absolute Gasteiger partial charge is 0.274 e. The van der Waals surface area contributed by atoms with E-state index in [1.54, 1.807) is 12.1 Å². The molecule has 0 aromatic heterocycles. The summed E-state index contributed by atoms with van der Waals surface area (Å²) in [4.78, 5) is 10.4. The van der Waals surface area contributed by atoms with Crippen LogP contribution in [0.15, 0.2) is 40.9 Å². The average molecular weight is 343 g/mol. The fourth-order valence-corrected chi connectivity index (χ4v) is 2.14. The zero-order valence-electron chi connectivity index (χ0n) is 10.1. The molecule has 0 aliphatic carbocycles. The number of benzene rings is 2. The van der Waals surface area contributed by atoms with Crippen LogP contribution in [0.4, 0.5) is 20.2 Å². The van der Waals surface area contributed by atoms with Crippen molar-refractivity contribution in [2.45, 2.75) is 6.54 Å². The summed E-state index contributed by atoms with van der Waals surface area (Å²) in [6.45, 7) is 0.0820. The van der Waals surface area contributed by atoms with Gasteiger partial charge in [0.25, 0.3) is 5.69 Å². The fraction of sp³-hybridized carbons (Fsp3) is 0.0769. The third-order valence-electron chi connectivity index (χ3n) is 2.58. The predicted octanol–water partition coefficient (Wildman–Crippen LogP) is 4.25. The first-order chi connectivity index (χ1) is 9.45. The lowest BCUT2D eigenvalue weighted by Crippen LogP contribution is -2.03. The highest BCUT2D eigenvalue weighted by Crippen LogP contribution is 2.24. The monoisotopic (exact) mass is 342 g/mol. The molecule has 0 heterocycles. The Morgan fingerprint density at radius 3 is 2.40 bits per heavy atom. The SMILES string of the molecule is O=[N+]([O-])c1ccc(Br)cc1CNc1cc(F)cc(F)c1. The molecule has 0 aliphatic rings. The van der Waals surface area contributed by atoms with Crippen LogP contribution in [0, 0.1) is 21.7 Å². The van der Waals surface area contributed by atoms with Gasteiger partial charge < -0.3 is 5.32 Å². The summed E-state index contributed by atoms with van der Waals surface area (Å²) in [5, 5.41) is 13.7. The van der Waals surface area contributed by atoms with Gasteiger partial charge in [-0.1, -0.05) is 15.9 Å². The Labute approximate surface area is 121 Å². The van der Waals surface area contributed by atoms with Crippen LogP contribution >= 0.6 is 15.9 Å². The van der Waals surface area contributed by atoms with E-state index in [1.165, 1.54) is 6.07 Å². The van der Waals surface area contributed by atoms with E-state index in [0.717, 1.165) is 18.2 Å². The van der Waals surface area contributed by atoms with Crippen molar-refractivity contribution in [2.24, 2.45) is 0 Å². The maximum Gasteiger partial charge on any atom is 0.274 e. The van der Waals surface area contributed by atoms with Crippen LogP contribution < -0.4 is 5.32 Å². The lowest BCUT2D eigenvalue weighted by atomic mass is 10.1. The van der Waals surface area contributed by atoms with Gasteiger partial charge in [0.1, 0.15) is 11.6 Å². The first kappa shape index (κ1) is 14.4. The Bertz CT molecular complexity index is 645. The molecule has 0 radical (unpaired) electrons. The van der Waals surface area contributed by atoms with Crippen molar-refractivity contribution in [3.05, 3.63) is 68.2 Å². The number of rotatable bonds is 4. The highest BCUT2D eigenvalue weighted by molar-refractivity contribution is 9.10. The number of nitro groups is 1. The van der Waals surface area contributed by atoms with Crippen LogP contribution in [0.5, 0.6) is 0 Å². The minimum atomic E-state index is -0.712. The van der Waals surface area contributed by atoms with Gasteiger partial charge in [-0.25, -0.2) is 8.78 Å². The Kier molecular flexibility index (Phi) is 4.29. The number of nitrogens with one attached hydrogen (secondary N) is 1. The molecular weight excluding hydrogens is 334 g/mol. The molecule has 2 aromatic rings. The van der Waals surface area contributed by atoms with Gasteiger partial charge in [0.2, 0.25) is 0 Å². The number of nitrogens with zero attached hydrogens (tertiary/aromatic N) is 1. The van der Waals surface area contributed by atoms with Gasteiger partial charge in [0, 0.05) is 34.4 Å². The topological polar surface area (TPSA) is 55.2 Å². The van der Waals surface area contributed by atoms with Crippen molar-refractivity contribution >= 4 is 27.3 Å². The number of hydrogen-bond donors (Lipinski definition) is 1. The normalized spacial score (nSPS) is 10.3. The largest absolute Gasteiger partial charge is 0.381 e. The van der Waals surface area contributed by atoms with Crippen molar-refractivity contribution in [3.8, 4) is 0 Å². The van der Waals surface area contributed by atoms with Crippen LogP contribution in [-0.2, 0) is 6.54 Å². The van der Waals surface area contributed by atoms with Crippen LogP contribution in [0.3, 0.4) is 0 Å². The summed E-state index contributed by atoms with van der Waals surface area (Å²) in [6, 6.07) is 7.50. The molecule has 0 bridgehead atoms. The molecule has 2 aromatic carbocycles. The molecule has 104 valence electrons. The fourth-order valence-electron chi connectivity index (χ4n) is 1.73. The van der Waals surface area contributed by atoms with Gasteiger partial charge in [-0.05, 0) is 24.3 Å². The summed E-state index contributed by atoms with van der Waals surface area (Å²) < 4.78 is 26.7. The van der Waals surface area contributed by atoms with E-state index in [4.69, 9.17) is 0 Å². The number of nitro benzene ring substituents is 1. The first-order valence-electron chi connectivity index (χ1n) is 5.58. The van der Waals surface area contributed by atoms with Gasteiger partial charge in [-0.15, -0.1) is 0 Å². The second kappa shape index (κ2) is 5.96. The molecule has 0 fully saturated rings. The third-order valence-corrected chi connectivity index (χ3v) is 3.08. The average Bonchev–Trinajstić information content (AvgIpc) is 2.35. The lowest BCUT2D eigenvalue weighted by Gasteiger charge is -2.08. The molecule has 1 N–H and O–H groups in total. The zero-order chi connectivity index (χ0) is 14.7. The van der Waals surface area contributed by atoms with Crippen LogP contribution in [0.1, 0.15) is 5.56 Å². The van der Waals surface area contributed by atoms with Gasteiger partial charge >= 0.3 is 0 Å². The summed E-state index contributed by atoms with van der Waals surface area (Å²) in [5.74, 6) is -1.42. The first-order valence-corrected chi connectivity index (χ1v) is 6.38. The van der Waals surface area contributed by atoms with Crippen molar-refractivity contribution in [1.82, 2.24) is 0 Å². The molecule has 4 nitrogen and oxygen atoms in total. The maximum atomic E-state index is 13.0. The number of anilines is 1. The lowest BCUT2D eigenvalue weighted by molar-refractivity contribution is -0.385. The van der Waals surface area contributed by atoms with E-state index in [-0.39, 0.29) is 17.9 Å². The molecule has 0 unspecified atom stereocenters. The molecule has 0 aliphatic heterocycles. The molecule has 0 amide bonds. The van der Waals surface area contributed by atoms with Gasteiger partial charge in [-0.2, -0.15) is 0 Å². The minimum Gasteiger partial charge on any atom is -0.381 e. The summed E-state index contributed by atoms with van der Waals surface area (Å²) in [5.41, 5.74) is 0.573. The highest BCUT2D eigenvalue weighted by atomic mass is 79.9. The van der Waals surface area contributed by atoms with Crippen LogP contribution in [-0.4, -0.2) is 4.92 Å². The number of hydrogen-bond acceptors (Lipinski definition) is 3. The maximum absolute atomic E-state index is 13.0. The highest BCUT2D eigenvalue weighted by Gasteiger charge is 2.13. The van der Waals surface area contributed by atoms with E-state index in [1.807, 2.05) is 0 Å². The van der Waals surface area contributed by atoms with E-state index in [9.17, 15) is 18.9 Å². The van der Waals surface area contributed by atoms with Crippen molar-refractivity contribution in [3.63, 3.8) is 0 Å². The molecule has 0 atom stereocenters. The minimum absolute atomic E-state index is 0.0578.